The average molecular weight is 167 g/mol. The second-order valence-electron chi connectivity index (χ2n) is 3.10. The largest absolute Gasteiger partial charge is 0.327 e. The summed E-state index contributed by atoms with van der Waals surface area (Å²) in [5.41, 5.74) is 5.75. The summed E-state index contributed by atoms with van der Waals surface area (Å²) in [5, 5.41) is 0. The van der Waals surface area contributed by atoms with Crippen LogP contribution in [0.25, 0.3) is 0 Å². The molecule has 0 aromatic rings. The van der Waals surface area contributed by atoms with Crippen LogP contribution < -0.4 is 5.73 Å². The van der Waals surface area contributed by atoms with Gasteiger partial charge in [-0.15, -0.1) is 6.58 Å². The van der Waals surface area contributed by atoms with Crippen LogP contribution in [0, 0.1) is 0 Å². The first-order chi connectivity index (χ1) is 5.81. The molecule has 0 aromatic carbocycles. The molecule has 0 amide bonds. The zero-order valence-corrected chi connectivity index (χ0v) is 8.13. The predicted octanol–water partition coefficient (Wildman–Crippen LogP) is 3.03. The van der Waals surface area contributed by atoms with Crippen LogP contribution in [0.4, 0.5) is 0 Å². The molecular weight excluding hydrogens is 146 g/mol. The number of unbranched alkanes of at least 4 members (excludes halogenated alkanes) is 2. The zero-order chi connectivity index (χ0) is 9.23. The van der Waals surface area contributed by atoms with Crippen molar-refractivity contribution in [3.8, 4) is 0 Å². The van der Waals surface area contributed by atoms with Crippen molar-refractivity contribution in [2.24, 2.45) is 5.73 Å². The normalized spacial score (nSPS) is 13.5. The molecule has 1 nitrogen and oxygen atoms in total. The Morgan fingerprint density at radius 2 is 2.08 bits per heavy atom. The summed E-state index contributed by atoms with van der Waals surface area (Å²) in [4.78, 5) is 0. The van der Waals surface area contributed by atoms with Crippen LogP contribution in [0.5, 0.6) is 0 Å². The van der Waals surface area contributed by atoms with Crippen molar-refractivity contribution >= 4 is 0 Å². The first-order valence-corrected chi connectivity index (χ1v) is 4.82. The standard InChI is InChI=1S/C11H21N/c1-3-5-6-7-8-9-10-11(12)4-2/h3,8-9,11H,1,4-7,10,12H2,2H3/b9-8+. The minimum Gasteiger partial charge on any atom is -0.327 e. The van der Waals surface area contributed by atoms with Crippen LogP contribution in [-0.2, 0) is 0 Å². The molecule has 1 unspecified atom stereocenters. The molecule has 0 saturated carbocycles. The highest BCUT2D eigenvalue weighted by molar-refractivity contribution is 4.85. The average Bonchev–Trinajstić information content (AvgIpc) is 2.10. The van der Waals surface area contributed by atoms with Gasteiger partial charge in [0.15, 0.2) is 0 Å². The zero-order valence-electron chi connectivity index (χ0n) is 8.13. The van der Waals surface area contributed by atoms with Gasteiger partial charge in [-0.1, -0.05) is 25.2 Å². The molecule has 0 rings (SSSR count). The van der Waals surface area contributed by atoms with E-state index in [2.05, 4.69) is 25.7 Å². The van der Waals surface area contributed by atoms with E-state index in [0.717, 1.165) is 25.7 Å². The lowest BCUT2D eigenvalue weighted by Gasteiger charge is -2.02. The Kier molecular flexibility index (Phi) is 8.14. The van der Waals surface area contributed by atoms with E-state index in [1.54, 1.807) is 0 Å². The summed E-state index contributed by atoms with van der Waals surface area (Å²) in [7, 11) is 0. The van der Waals surface area contributed by atoms with Crippen LogP contribution in [0.15, 0.2) is 24.8 Å². The van der Waals surface area contributed by atoms with Crippen molar-refractivity contribution < 1.29 is 0 Å². The summed E-state index contributed by atoms with van der Waals surface area (Å²) < 4.78 is 0. The van der Waals surface area contributed by atoms with Crippen molar-refractivity contribution in [1.29, 1.82) is 0 Å². The highest BCUT2D eigenvalue weighted by Gasteiger charge is 1.92. The molecule has 0 bridgehead atoms. The molecule has 0 aliphatic carbocycles. The van der Waals surface area contributed by atoms with Crippen molar-refractivity contribution in [3.63, 3.8) is 0 Å². The third kappa shape index (κ3) is 7.55. The van der Waals surface area contributed by atoms with Crippen LogP contribution in [0.3, 0.4) is 0 Å². The van der Waals surface area contributed by atoms with Gasteiger partial charge in [-0.25, -0.2) is 0 Å². The summed E-state index contributed by atoms with van der Waals surface area (Å²) in [6.45, 7) is 5.80. The van der Waals surface area contributed by atoms with E-state index in [0.29, 0.717) is 6.04 Å². The van der Waals surface area contributed by atoms with Gasteiger partial charge >= 0.3 is 0 Å². The van der Waals surface area contributed by atoms with E-state index in [1.165, 1.54) is 6.42 Å². The van der Waals surface area contributed by atoms with Gasteiger partial charge in [0, 0.05) is 6.04 Å². The Labute approximate surface area is 76.3 Å². The summed E-state index contributed by atoms with van der Waals surface area (Å²) >= 11 is 0. The fourth-order valence-corrected chi connectivity index (χ4v) is 0.936. The molecule has 0 aliphatic rings. The molecule has 0 heterocycles. The molecule has 0 aromatic heterocycles. The van der Waals surface area contributed by atoms with Gasteiger partial charge in [-0.3, -0.25) is 0 Å². The van der Waals surface area contributed by atoms with Gasteiger partial charge in [0.25, 0.3) is 0 Å². The van der Waals surface area contributed by atoms with E-state index < -0.39 is 0 Å². The Morgan fingerprint density at radius 3 is 2.67 bits per heavy atom. The minimum atomic E-state index is 0.348. The van der Waals surface area contributed by atoms with Crippen molar-refractivity contribution in [2.45, 2.75) is 45.1 Å². The monoisotopic (exact) mass is 167 g/mol. The van der Waals surface area contributed by atoms with Crippen LogP contribution in [0.2, 0.25) is 0 Å². The second-order valence-corrected chi connectivity index (χ2v) is 3.10. The van der Waals surface area contributed by atoms with E-state index >= 15 is 0 Å². The summed E-state index contributed by atoms with van der Waals surface area (Å²) in [6.07, 6.45) is 11.9. The van der Waals surface area contributed by atoms with Gasteiger partial charge in [0.2, 0.25) is 0 Å². The minimum absolute atomic E-state index is 0.348. The van der Waals surface area contributed by atoms with Crippen LogP contribution in [-0.4, -0.2) is 6.04 Å². The topological polar surface area (TPSA) is 26.0 Å². The Balaban J connectivity index is 3.19. The first-order valence-electron chi connectivity index (χ1n) is 4.82. The lowest BCUT2D eigenvalue weighted by atomic mass is 10.1. The molecule has 0 saturated heterocycles. The van der Waals surface area contributed by atoms with Crippen molar-refractivity contribution in [3.05, 3.63) is 24.8 Å². The van der Waals surface area contributed by atoms with Crippen LogP contribution in [0.1, 0.15) is 39.0 Å². The maximum Gasteiger partial charge on any atom is 0.00707 e. The Hall–Kier alpha value is -0.560. The number of hydrogen-bond donors (Lipinski definition) is 1. The number of rotatable bonds is 7. The third-order valence-corrected chi connectivity index (χ3v) is 1.91. The SMILES string of the molecule is C=CCCC/C=C/CC(N)CC. The molecule has 0 spiro atoms. The maximum absolute atomic E-state index is 5.75. The van der Waals surface area contributed by atoms with E-state index in [4.69, 9.17) is 5.73 Å². The first kappa shape index (κ1) is 11.4. The van der Waals surface area contributed by atoms with E-state index in [-0.39, 0.29) is 0 Å². The molecule has 0 fully saturated rings. The van der Waals surface area contributed by atoms with Gasteiger partial charge in [0.05, 0.1) is 0 Å². The number of nitrogens with two attached hydrogens (primary N) is 1. The molecule has 2 N–H and O–H groups in total. The van der Waals surface area contributed by atoms with Gasteiger partial charge in [-0.2, -0.15) is 0 Å². The van der Waals surface area contributed by atoms with Gasteiger partial charge in [0.1, 0.15) is 0 Å². The second kappa shape index (κ2) is 8.54. The fourth-order valence-electron chi connectivity index (χ4n) is 0.936. The maximum atomic E-state index is 5.75. The number of allylic oxidation sites excluding steroid dienone is 2. The highest BCUT2D eigenvalue weighted by atomic mass is 14.6. The molecule has 1 atom stereocenters. The van der Waals surface area contributed by atoms with Crippen molar-refractivity contribution in [2.75, 3.05) is 0 Å². The summed E-state index contributed by atoms with van der Waals surface area (Å²) in [6, 6.07) is 0.348. The smallest absolute Gasteiger partial charge is 0.00707 e. The lowest BCUT2D eigenvalue weighted by Crippen LogP contribution is -2.16. The lowest BCUT2D eigenvalue weighted by molar-refractivity contribution is 0.658. The van der Waals surface area contributed by atoms with Crippen LogP contribution >= 0.6 is 0 Å². The number of hydrogen-bond acceptors (Lipinski definition) is 1. The quantitative estimate of drug-likeness (QED) is 0.458. The molecule has 1 heteroatoms. The summed E-state index contributed by atoms with van der Waals surface area (Å²) in [5.74, 6) is 0. The molecule has 0 aliphatic heterocycles. The molecule has 12 heavy (non-hydrogen) atoms. The third-order valence-electron chi connectivity index (χ3n) is 1.91. The predicted molar refractivity (Wildman–Crippen MR) is 56.1 cm³/mol. The van der Waals surface area contributed by atoms with Gasteiger partial charge in [-0.05, 0) is 32.1 Å². The van der Waals surface area contributed by atoms with E-state index in [1.807, 2.05) is 6.08 Å². The van der Waals surface area contributed by atoms with Gasteiger partial charge < -0.3 is 5.73 Å². The van der Waals surface area contributed by atoms with E-state index in [9.17, 15) is 0 Å². The molecular formula is C11H21N. The Bertz CT molecular complexity index is 127. The van der Waals surface area contributed by atoms with Crippen molar-refractivity contribution in [1.82, 2.24) is 0 Å². The highest BCUT2D eigenvalue weighted by Crippen LogP contribution is 2.00. The fraction of sp³-hybridized carbons (Fsp3) is 0.636. The molecule has 0 radical (unpaired) electrons. The molecule has 70 valence electrons. The Morgan fingerprint density at radius 1 is 1.33 bits per heavy atom.